The van der Waals surface area contributed by atoms with Crippen LogP contribution in [-0.4, -0.2) is 129 Å². The van der Waals surface area contributed by atoms with Gasteiger partial charge >= 0.3 is 0 Å². The van der Waals surface area contributed by atoms with Gasteiger partial charge < -0.3 is 69.5 Å². The molecule has 0 aliphatic carbocycles. The minimum absolute atomic E-state index is 0.0396. The molecule has 80 heavy (non-hydrogen) atoms. The Kier molecular flexibility index (Phi) is 23.0. The highest BCUT2D eigenvalue weighted by atomic mass is 32.1. The first kappa shape index (κ1) is 61.4. The van der Waals surface area contributed by atoms with E-state index in [-0.39, 0.29) is 55.9 Å². The number of nitrogens with one attached hydrogen (secondary N) is 9. The summed E-state index contributed by atoms with van der Waals surface area (Å²) in [5.74, 6) is -6.97. The molecule has 0 saturated heterocycles. The molecule has 0 aliphatic rings. The van der Waals surface area contributed by atoms with E-state index in [1.807, 2.05) is 78.9 Å². The standard InChI is InChI=1S/C57H72N12O9S2/c1-32(2)49(57(78)68-48(31-80)55(76)64-44(50(60)71)26-35-28-61-41-16-8-6-14-38(35)41)69-52(73)43(18-10-11-23-58)63-54(75)46(27-36-29-62-42-17-9-7-15-39(36)42)66-53(74)45(25-34-19-21-37(70)22-20-34)65-56(77)47(30-79)67-51(72)40(59)24-33-12-4-3-5-13-33/h3-9,12-17,19-22,28-29,32,40,43-49,61-62,70,79-80H,10-11,18,23-27,30-31,58-59H2,1-2H3,(H2,60,71)(H,63,75)(H,64,76)(H,65,77)(H,66,74)(H,67,72)(H,68,78)(H,69,73). The molecule has 23 heteroatoms. The maximum Gasteiger partial charge on any atom is 0.244 e. The monoisotopic (exact) mass is 1130 g/mol. The Bertz CT molecular complexity index is 3080. The van der Waals surface area contributed by atoms with Gasteiger partial charge in [-0.15, -0.1) is 0 Å². The fourth-order valence-electron chi connectivity index (χ4n) is 9.08. The van der Waals surface area contributed by atoms with E-state index in [0.717, 1.165) is 32.9 Å². The molecule has 0 fully saturated rings. The van der Waals surface area contributed by atoms with Crippen LogP contribution in [-0.2, 0) is 64.0 Å². The van der Waals surface area contributed by atoms with Gasteiger partial charge in [-0.1, -0.05) is 92.7 Å². The van der Waals surface area contributed by atoms with Crippen molar-refractivity contribution in [2.45, 2.75) is 107 Å². The Morgan fingerprint density at radius 3 is 1.46 bits per heavy atom. The van der Waals surface area contributed by atoms with Gasteiger partial charge in [-0.2, -0.15) is 25.3 Å². The molecule has 2 heterocycles. The summed E-state index contributed by atoms with van der Waals surface area (Å²) in [6, 6.07) is 19.9. The maximum absolute atomic E-state index is 14.8. The summed E-state index contributed by atoms with van der Waals surface area (Å²) in [5, 5.41) is 30.7. The third-order valence-corrected chi connectivity index (χ3v) is 14.3. The van der Waals surface area contributed by atoms with Crippen molar-refractivity contribution in [2.75, 3.05) is 18.1 Å². The lowest BCUT2D eigenvalue weighted by Gasteiger charge is -2.29. The fourth-order valence-corrected chi connectivity index (χ4v) is 9.59. The van der Waals surface area contributed by atoms with Crippen molar-refractivity contribution < 1.29 is 43.5 Å². The Labute approximate surface area is 474 Å². The first-order chi connectivity index (χ1) is 38.4. The molecule has 0 radical (unpaired) electrons. The van der Waals surface area contributed by atoms with Crippen LogP contribution in [0.3, 0.4) is 0 Å². The number of fused-ring (bicyclic) bond motifs is 2. The third-order valence-electron chi connectivity index (χ3n) is 13.6. The number of thiol groups is 2. The van der Waals surface area contributed by atoms with E-state index in [0.29, 0.717) is 24.0 Å². The summed E-state index contributed by atoms with van der Waals surface area (Å²) in [6.45, 7) is 3.64. The molecule has 4 aromatic carbocycles. The lowest BCUT2D eigenvalue weighted by atomic mass is 10.00. The van der Waals surface area contributed by atoms with E-state index in [4.69, 9.17) is 17.2 Å². The molecule has 6 rings (SSSR count). The van der Waals surface area contributed by atoms with Crippen molar-refractivity contribution >= 4 is 94.3 Å². The minimum Gasteiger partial charge on any atom is -0.508 e. The number of hydrogen-bond acceptors (Lipinski definition) is 13. The average molecular weight is 1130 g/mol. The molecule has 8 amide bonds. The quantitative estimate of drug-likeness (QED) is 0.0226. The minimum atomic E-state index is -1.39. The normalized spacial score (nSPS) is 14.3. The SMILES string of the molecule is CC(C)C(NC(=O)C(CCCCN)NC(=O)C(Cc1c[nH]c2ccccc12)NC(=O)C(Cc1ccc(O)cc1)NC(=O)C(CS)NC(=O)C(N)Cc1ccccc1)C(=O)NC(CS)C(=O)NC(Cc1c[nH]c2ccccc12)C(N)=O. The predicted octanol–water partition coefficient (Wildman–Crippen LogP) is 1.48. The van der Waals surface area contributed by atoms with Crippen LogP contribution in [0.4, 0.5) is 0 Å². The van der Waals surface area contributed by atoms with Crippen molar-refractivity contribution in [1.29, 1.82) is 0 Å². The van der Waals surface area contributed by atoms with Crippen LogP contribution in [0.5, 0.6) is 5.75 Å². The number of benzene rings is 4. The predicted molar refractivity (Wildman–Crippen MR) is 312 cm³/mol. The van der Waals surface area contributed by atoms with Crippen LogP contribution < -0.4 is 54.4 Å². The van der Waals surface area contributed by atoms with Crippen molar-refractivity contribution in [3.05, 3.63) is 138 Å². The summed E-state index contributed by atoms with van der Waals surface area (Å²) < 4.78 is 0. The van der Waals surface area contributed by atoms with Crippen LogP contribution in [0, 0.1) is 5.92 Å². The maximum atomic E-state index is 14.8. The van der Waals surface area contributed by atoms with Gasteiger partial charge in [-0.3, -0.25) is 38.4 Å². The number of para-hydroxylation sites is 2. The number of aromatic nitrogens is 2. The van der Waals surface area contributed by atoms with Crippen molar-refractivity contribution in [3.63, 3.8) is 0 Å². The van der Waals surface area contributed by atoms with Crippen LogP contribution in [0.1, 0.15) is 55.4 Å². The van der Waals surface area contributed by atoms with Crippen molar-refractivity contribution in [3.8, 4) is 5.75 Å². The number of carbonyl (C=O) groups is 8. The molecule has 16 N–H and O–H groups in total. The Morgan fingerprint density at radius 2 is 0.938 bits per heavy atom. The first-order valence-electron chi connectivity index (χ1n) is 26.4. The van der Waals surface area contributed by atoms with E-state index in [9.17, 15) is 43.5 Å². The first-order valence-corrected chi connectivity index (χ1v) is 27.7. The van der Waals surface area contributed by atoms with Crippen molar-refractivity contribution in [1.82, 2.24) is 47.2 Å². The van der Waals surface area contributed by atoms with E-state index in [1.54, 1.807) is 38.4 Å². The van der Waals surface area contributed by atoms with Gasteiger partial charge in [-0.25, -0.2) is 0 Å². The molecule has 8 atom stereocenters. The second kappa shape index (κ2) is 29.9. The number of phenolic OH excluding ortho intramolecular Hbond substituents is 1. The number of aromatic hydroxyl groups is 1. The topological polar surface area (TPSA) is 351 Å². The number of nitrogens with two attached hydrogens (primary N) is 3. The highest BCUT2D eigenvalue weighted by molar-refractivity contribution is 7.80. The number of amides is 8. The lowest BCUT2D eigenvalue weighted by Crippen LogP contribution is -2.61. The zero-order valence-electron chi connectivity index (χ0n) is 44.6. The van der Waals surface area contributed by atoms with Crippen LogP contribution >= 0.6 is 25.3 Å². The van der Waals surface area contributed by atoms with Crippen molar-refractivity contribution in [2.24, 2.45) is 23.1 Å². The molecular formula is C57H72N12O9S2. The number of hydrogen-bond donors (Lipinski definition) is 15. The summed E-state index contributed by atoms with van der Waals surface area (Å²) in [4.78, 5) is 118. The smallest absolute Gasteiger partial charge is 0.244 e. The lowest BCUT2D eigenvalue weighted by molar-refractivity contribution is -0.136. The zero-order valence-corrected chi connectivity index (χ0v) is 46.4. The molecular weight excluding hydrogens is 1060 g/mol. The van der Waals surface area contributed by atoms with Crippen LogP contribution in [0.2, 0.25) is 0 Å². The number of unbranched alkanes of at least 4 members (excludes halogenated alkanes) is 1. The van der Waals surface area contributed by atoms with Gasteiger partial charge in [0.1, 0.15) is 48.0 Å². The summed E-state index contributed by atoms with van der Waals surface area (Å²) >= 11 is 8.65. The molecule has 2 aromatic heterocycles. The van der Waals surface area contributed by atoms with E-state index >= 15 is 0 Å². The molecule has 0 aliphatic heterocycles. The van der Waals surface area contributed by atoms with Gasteiger partial charge in [0.05, 0.1) is 6.04 Å². The fraction of sp³-hybridized carbons (Fsp3) is 0.368. The molecule has 426 valence electrons. The summed E-state index contributed by atoms with van der Waals surface area (Å²) in [6.07, 6.45) is 4.35. The second-order valence-corrected chi connectivity index (χ2v) is 20.7. The number of aromatic amines is 2. The molecule has 0 saturated carbocycles. The van der Waals surface area contributed by atoms with Gasteiger partial charge in [-0.05, 0) is 84.7 Å². The Hall–Kier alpha value is -7.86. The Balaban J connectivity index is 1.21. The highest BCUT2D eigenvalue weighted by Gasteiger charge is 2.35. The summed E-state index contributed by atoms with van der Waals surface area (Å²) in [7, 11) is 0. The molecule has 0 bridgehead atoms. The number of H-pyrrole nitrogens is 2. The average Bonchev–Trinajstić information content (AvgIpc) is 4.10. The van der Waals surface area contributed by atoms with E-state index in [1.165, 1.54) is 12.1 Å². The largest absolute Gasteiger partial charge is 0.508 e. The number of carbonyl (C=O) groups excluding carboxylic acids is 8. The summed E-state index contributed by atoms with van der Waals surface area (Å²) in [5.41, 5.74) is 22.1. The van der Waals surface area contributed by atoms with Gasteiger partial charge in [0, 0.05) is 65.0 Å². The van der Waals surface area contributed by atoms with Gasteiger partial charge in [0.25, 0.3) is 0 Å². The Morgan fingerprint density at radius 1 is 0.500 bits per heavy atom. The van der Waals surface area contributed by atoms with Crippen LogP contribution in [0.25, 0.3) is 21.8 Å². The molecule has 21 nitrogen and oxygen atoms in total. The van der Waals surface area contributed by atoms with E-state index < -0.39 is 102 Å². The number of primary amides is 1. The van der Waals surface area contributed by atoms with Gasteiger partial charge in [0.2, 0.25) is 47.3 Å². The molecule has 0 spiro atoms. The molecule has 8 unspecified atom stereocenters. The highest BCUT2D eigenvalue weighted by Crippen LogP contribution is 2.22. The number of phenols is 1. The van der Waals surface area contributed by atoms with E-state index in [2.05, 4.69) is 72.4 Å². The van der Waals surface area contributed by atoms with Crippen LogP contribution in [0.15, 0.2) is 116 Å². The second-order valence-electron chi connectivity index (χ2n) is 19.9. The van der Waals surface area contributed by atoms with Gasteiger partial charge in [0.15, 0.2) is 0 Å². The molecule has 6 aromatic rings. The number of rotatable bonds is 30. The third kappa shape index (κ3) is 17.3. The zero-order chi connectivity index (χ0) is 57.9.